The molecule has 0 aromatic carbocycles. The molecule has 0 bridgehead atoms. The topological polar surface area (TPSA) is 73.0 Å². The van der Waals surface area contributed by atoms with E-state index >= 15 is 0 Å². The molecule has 2 heterocycles. The Kier molecular flexibility index (Phi) is 4.78. The zero-order chi connectivity index (χ0) is 16.7. The number of hydrogen-bond acceptors (Lipinski definition) is 4. The first-order valence-electron chi connectivity index (χ1n) is 6.86. The first-order valence-corrected chi connectivity index (χ1v) is 9.10. The minimum Gasteiger partial charge on any atom is -0.270 e. The van der Waals surface area contributed by atoms with Gasteiger partial charge in [-0.15, -0.1) is 0 Å². The molecule has 22 heavy (non-hydrogen) atoms. The van der Waals surface area contributed by atoms with Crippen molar-refractivity contribution in [3.8, 4) is 0 Å². The summed E-state index contributed by atoms with van der Waals surface area (Å²) in [6.07, 6.45) is 1.65. The molecule has 9 heteroatoms. The summed E-state index contributed by atoms with van der Waals surface area (Å²) < 4.78 is 31.2. The summed E-state index contributed by atoms with van der Waals surface area (Å²) in [6.45, 7) is 6.31. The molecule has 2 rings (SSSR count). The van der Waals surface area contributed by atoms with Crippen molar-refractivity contribution in [2.24, 2.45) is 7.05 Å². The minimum absolute atomic E-state index is 0.232. The van der Waals surface area contributed by atoms with Gasteiger partial charge in [-0.1, -0.05) is 0 Å². The molecule has 2 aromatic heterocycles. The second-order valence-electron chi connectivity index (χ2n) is 5.14. The Bertz CT molecular complexity index is 774. The molecule has 0 spiro atoms. The molecule has 0 saturated heterocycles. The largest absolute Gasteiger partial charge is 0.270 e. The maximum absolute atomic E-state index is 12.9. The van der Waals surface area contributed by atoms with Crippen LogP contribution in [0.25, 0.3) is 0 Å². The molecule has 0 radical (unpaired) electrons. The van der Waals surface area contributed by atoms with Crippen LogP contribution in [0, 0.1) is 13.8 Å². The molecule has 7 nitrogen and oxygen atoms in total. The van der Waals surface area contributed by atoms with Gasteiger partial charge in [-0.05, 0) is 36.7 Å². The Labute approximate surface area is 139 Å². The van der Waals surface area contributed by atoms with E-state index in [4.69, 9.17) is 0 Å². The van der Waals surface area contributed by atoms with Crippen LogP contribution in [0.1, 0.15) is 24.0 Å². The number of aryl methyl sites for hydroxylation is 3. The molecule has 0 unspecified atom stereocenters. The highest BCUT2D eigenvalue weighted by Gasteiger charge is 2.29. The average Bonchev–Trinajstić information content (AvgIpc) is 2.91. The fraction of sp³-hybridized carbons (Fsp3) is 0.538. The third-order valence-corrected chi connectivity index (χ3v) is 6.38. The van der Waals surface area contributed by atoms with Crippen molar-refractivity contribution in [2.45, 2.75) is 38.8 Å². The molecular weight excluding hydrogens is 370 g/mol. The summed E-state index contributed by atoms with van der Waals surface area (Å²) in [5, 5.41) is 8.40. The quantitative estimate of drug-likeness (QED) is 0.781. The van der Waals surface area contributed by atoms with Gasteiger partial charge in [0.2, 0.25) is 10.0 Å². The Morgan fingerprint density at radius 3 is 2.45 bits per heavy atom. The van der Waals surface area contributed by atoms with Gasteiger partial charge in [0, 0.05) is 20.6 Å². The van der Waals surface area contributed by atoms with Crippen molar-refractivity contribution in [2.75, 3.05) is 7.05 Å². The highest BCUT2D eigenvalue weighted by atomic mass is 79.9. The van der Waals surface area contributed by atoms with Gasteiger partial charge in [0.25, 0.3) is 0 Å². The molecule has 0 N–H and O–H groups in total. The zero-order valence-electron chi connectivity index (χ0n) is 13.3. The smallest absolute Gasteiger partial charge is 0.246 e. The number of aromatic nitrogens is 4. The van der Waals surface area contributed by atoms with Crippen LogP contribution >= 0.6 is 15.9 Å². The van der Waals surface area contributed by atoms with Crippen molar-refractivity contribution in [3.63, 3.8) is 0 Å². The van der Waals surface area contributed by atoms with Gasteiger partial charge in [0.1, 0.15) is 4.90 Å². The predicted molar refractivity (Wildman–Crippen MR) is 86.9 cm³/mol. The van der Waals surface area contributed by atoms with Gasteiger partial charge in [-0.2, -0.15) is 14.5 Å². The molecule has 0 fully saturated rings. The summed E-state index contributed by atoms with van der Waals surface area (Å²) in [7, 11) is -0.261. The Morgan fingerprint density at radius 2 is 2.00 bits per heavy atom. The SMILES string of the molecule is CCn1nc(C)c(S(=O)(=O)N(C)Cc2c(Br)cnn2C)c1C. The summed E-state index contributed by atoms with van der Waals surface area (Å²) in [4.78, 5) is 0.287. The van der Waals surface area contributed by atoms with Crippen LogP contribution in [0.2, 0.25) is 0 Å². The van der Waals surface area contributed by atoms with Gasteiger partial charge in [0.15, 0.2) is 0 Å². The predicted octanol–water partition coefficient (Wildman–Crippen LogP) is 1.84. The van der Waals surface area contributed by atoms with Crippen molar-refractivity contribution >= 4 is 26.0 Å². The zero-order valence-corrected chi connectivity index (χ0v) is 15.7. The second-order valence-corrected chi connectivity index (χ2v) is 7.98. The summed E-state index contributed by atoms with van der Waals surface area (Å²) >= 11 is 3.39. The lowest BCUT2D eigenvalue weighted by molar-refractivity contribution is 0.451. The van der Waals surface area contributed by atoms with E-state index in [1.807, 2.05) is 6.92 Å². The van der Waals surface area contributed by atoms with Crippen molar-refractivity contribution in [1.82, 2.24) is 23.9 Å². The minimum atomic E-state index is -3.61. The molecule has 0 aliphatic rings. The number of rotatable bonds is 5. The lowest BCUT2D eigenvalue weighted by Gasteiger charge is -2.18. The Morgan fingerprint density at radius 1 is 1.36 bits per heavy atom. The van der Waals surface area contributed by atoms with Crippen LogP contribution in [0.3, 0.4) is 0 Å². The van der Waals surface area contributed by atoms with Crippen molar-refractivity contribution in [1.29, 1.82) is 0 Å². The fourth-order valence-corrected chi connectivity index (χ4v) is 4.40. The normalized spacial score (nSPS) is 12.3. The molecule has 0 amide bonds. The van der Waals surface area contributed by atoms with Crippen LogP contribution in [0.5, 0.6) is 0 Å². The highest BCUT2D eigenvalue weighted by Crippen LogP contribution is 2.25. The molecule has 0 saturated carbocycles. The van der Waals surface area contributed by atoms with E-state index in [1.165, 1.54) is 4.31 Å². The van der Waals surface area contributed by atoms with E-state index in [2.05, 4.69) is 26.1 Å². The van der Waals surface area contributed by atoms with Crippen LogP contribution < -0.4 is 0 Å². The maximum Gasteiger partial charge on any atom is 0.246 e. The number of nitrogens with zero attached hydrogens (tertiary/aromatic N) is 5. The molecule has 122 valence electrons. The molecule has 0 aliphatic carbocycles. The van der Waals surface area contributed by atoms with Crippen LogP contribution in [0.15, 0.2) is 15.6 Å². The van der Waals surface area contributed by atoms with E-state index in [0.29, 0.717) is 17.9 Å². The third kappa shape index (κ3) is 2.84. The summed E-state index contributed by atoms with van der Waals surface area (Å²) in [6, 6.07) is 0. The van der Waals surface area contributed by atoms with Gasteiger partial charge in [-0.3, -0.25) is 9.36 Å². The summed E-state index contributed by atoms with van der Waals surface area (Å²) in [5.41, 5.74) is 1.98. The summed E-state index contributed by atoms with van der Waals surface area (Å²) in [5.74, 6) is 0. The average molecular weight is 390 g/mol. The number of halogens is 1. The Hall–Kier alpha value is -1.19. The number of hydrogen-bond donors (Lipinski definition) is 0. The lowest BCUT2D eigenvalue weighted by atomic mass is 10.4. The van der Waals surface area contributed by atoms with Crippen molar-refractivity contribution in [3.05, 3.63) is 27.8 Å². The van der Waals surface area contributed by atoms with Crippen LogP contribution in [0.4, 0.5) is 0 Å². The van der Waals surface area contributed by atoms with Crippen LogP contribution in [-0.4, -0.2) is 39.3 Å². The van der Waals surface area contributed by atoms with E-state index in [0.717, 1.165) is 10.2 Å². The Balaban J connectivity index is 2.40. The molecule has 2 aromatic rings. The third-order valence-electron chi connectivity index (χ3n) is 3.67. The first kappa shape index (κ1) is 17.2. The van der Waals surface area contributed by atoms with Gasteiger partial charge < -0.3 is 0 Å². The van der Waals surface area contributed by atoms with E-state index in [9.17, 15) is 8.42 Å². The molecule has 0 aliphatic heterocycles. The van der Waals surface area contributed by atoms with Crippen molar-refractivity contribution < 1.29 is 8.42 Å². The molecule has 0 atom stereocenters. The van der Waals surface area contributed by atoms with Gasteiger partial charge >= 0.3 is 0 Å². The standard InChI is InChI=1S/C13H20BrN5O2S/c1-6-19-10(3)13(9(2)16-19)22(20,21)17(4)8-12-11(14)7-15-18(12)5/h7H,6,8H2,1-5H3. The monoisotopic (exact) mass is 389 g/mol. The maximum atomic E-state index is 12.9. The second kappa shape index (κ2) is 6.13. The van der Waals surface area contributed by atoms with E-state index in [1.54, 1.807) is 43.5 Å². The first-order chi connectivity index (χ1) is 10.2. The fourth-order valence-electron chi connectivity index (χ4n) is 2.43. The van der Waals surface area contributed by atoms with Crippen LogP contribution in [-0.2, 0) is 30.2 Å². The lowest BCUT2D eigenvalue weighted by Crippen LogP contribution is -2.28. The number of sulfonamides is 1. The van der Waals surface area contributed by atoms with Gasteiger partial charge in [0.05, 0.1) is 34.3 Å². The molecular formula is C13H20BrN5O2S. The highest BCUT2D eigenvalue weighted by molar-refractivity contribution is 9.10. The van der Waals surface area contributed by atoms with E-state index < -0.39 is 10.0 Å². The van der Waals surface area contributed by atoms with Gasteiger partial charge in [-0.25, -0.2) is 8.42 Å². The van der Waals surface area contributed by atoms with E-state index in [-0.39, 0.29) is 11.4 Å².